The first kappa shape index (κ1) is 13.7. The number of esters is 1. The number of benzene rings is 1. The molecule has 0 unspecified atom stereocenters. The average Bonchev–Trinajstić information content (AvgIpc) is 2.26. The van der Waals surface area contributed by atoms with E-state index in [-0.39, 0.29) is 19.0 Å². The van der Waals surface area contributed by atoms with Crippen molar-refractivity contribution in [1.82, 2.24) is 0 Å². The number of carbonyl (C=O) groups is 1. The van der Waals surface area contributed by atoms with Crippen LogP contribution in [-0.2, 0) is 9.53 Å². The molecule has 0 saturated carbocycles. The van der Waals surface area contributed by atoms with Gasteiger partial charge in [-0.15, -0.1) is 12.4 Å². The molecule has 0 radical (unpaired) electrons. The Hall–Kier alpha value is -1.26. The summed E-state index contributed by atoms with van der Waals surface area (Å²) in [6.07, 6.45) is 0. The molecule has 2 N–H and O–H groups in total. The molecule has 0 spiro atoms. The van der Waals surface area contributed by atoms with Crippen molar-refractivity contribution in [2.75, 3.05) is 13.7 Å². The molecule has 5 heteroatoms. The third-order valence-corrected chi connectivity index (χ3v) is 1.68. The molecule has 0 aliphatic carbocycles. The fraction of sp³-hybridized carbons (Fsp3) is 0.300. The lowest BCUT2D eigenvalue weighted by atomic mass is 10.3. The minimum atomic E-state index is -0.736. The number of carbonyl (C=O) groups excluding carboxylic acids is 1. The number of methoxy groups -OCH3 is 1. The predicted molar refractivity (Wildman–Crippen MR) is 59.2 cm³/mol. The summed E-state index contributed by atoms with van der Waals surface area (Å²) in [7, 11) is 1.30. The van der Waals surface area contributed by atoms with E-state index in [0.717, 1.165) is 0 Å². The van der Waals surface area contributed by atoms with Crippen molar-refractivity contribution in [2.45, 2.75) is 6.04 Å². The second-order valence-corrected chi connectivity index (χ2v) is 2.75. The van der Waals surface area contributed by atoms with Gasteiger partial charge in [-0.2, -0.15) is 0 Å². The number of halogens is 1. The van der Waals surface area contributed by atoms with E-state index in [4.69, 9.17) is 10.5 Å². The fourth-order valence-electron chi connectivity index (χ4n) is 0.922. The van der Waals surface area contributed by atoms with Gasteiger partial charge in [0, 0.05) is 0 Å². The summed E-state index contributed by atoms with van der Waals surface area (Å²) in [6, 6.07) is 8.43. The standard InChI is InChI=1S/C10H13NO3.ClH/c1-13-10(12)9(11)7-14-8-5-3-2-4-6-8;/h2-6,9H,7,11H2,1H3;1H/t9-;/m1./s1. The highest BCUT2D eigenvalue weighted by molar-refractivity contribution is 5.85. The van der Waals surface area contributed by atoms with Crippen LogP contribution >= 0.6 is 12.4 Å². The molecule has 1 aromatic rings. The van der Waals surface area contributed by atoms with Crippen LogP contribution in [0.25, 0.3) is 0 Å². The van der Waals surface area contributed by atoms with E-state index in [0.29, 0.717) is 5.75 Å². The molecule has 0 aliphatic rings. The topological polar surface area (TPSA) is 61.5 Å². The zero-order valence-electron chi connectivity index (χ0n) is 8.38. The number of para-hydroxylation sites is 1. The molecular formula is C10H14ClNO3. The van der Waals surface area contributed by atoms with Crippen LogP contribution in [0.1, 0.15) is 0 Å². The zero-order valence-corrected chi connectivity index (χ0v) is 9.20. The van der Waals surface area contributed by atoms with E-state index in [1.54, 1.807) is 12.1 Å². The summed E-state index contributed by atoms with van der Waals surface area (Å²) in [5.74, 6) is 0.216. The summed E-state index contributed by atoms with van der Waals surface area (Å²) >= 11 is 0. The van der Waals surface area contributed by atoms with E-state index < -0.39 is 12.0 Å². The highest BCUT2D eigenvalue weighted by Gasteiger charge is 2.13. The number of nitrogens with two attached hydrogens (primary N) is 1. The molecule has 0 amide bonds. The fourth-order valence-corrected chi connectivity index (χ4v) is 0.922. The van der Waals surface area contributed by atoms with Gasteiger partial charge in [0.15, 0.2) is 0 Å². The normalized spacial score (nSPS) is 11.1. The van der Waals surface area contributed by atoms with Crippen LogP contribution in [0.3, 0.4) is 0 Å². The summed E-state index contributed by atoms with van der Waals surface area (Å²) in [4.78, 5) is 10.9. The minimum absolute atomic E-state index is 0. The third kappa shape index (κ3) is 4.67. The Morgan fingerprint density at radius 3 is 2.53 bits per heavy atom. The van der Waals surface area contributed by atoms with Gasteiger partial charge in [-0.25, -0.2) is 0 Å². The first-order chi connectivity index (χ1) is 6.74. The van der Waals surface area contributed by atoms with Gasteiger partial charge in [0.05, 0.1) is 7.11 Å². The maximum atomic E-state index is 10.9. The Morgan fingerprint density at radius 2 is 2.00 bits per heavy atom. The van der Waals surface area contributed by atoms with Crippen molar-refractivity contribution in [3.63, 3.8) is 0 Å². The smallest absolute Gasteiger partial charge is 0.326 e. The van der Waals surface area contributed by atoms with Crippen molar-refractivity contribution in [3.05, 3.63) is 30.3 Å². The lowest BCUT2D eigenvalue weighted by Gasteiger charge is -2.10. The lowest BCUT2D eigenvalue weighted by Crippen LogP contribution is -2.37. The van der Waals surface area contributed by atoms with Gasteiger partial charge in [-0.1, -0.05) is 18.2 Å². The van der Waals surface area contributed by atoms with Gasteiger partial charge in [-0.05, 0) is 12.1 Å². The molecular weight excluding hydrogens is 218 g/mol. The zero-order chi connectivity index (χ0) is 10.4. The van der Waals surface area contributed by atoms with Crippen molar-refractivity contribution < 1.29 is 14.3 Å². The van der Waals surface area contributed by atoms with Crippen molar-refractivity contribution in [2.24, 2.45) is 5.73 Å². The molecule has 4 nitrogen and oxygen atoms in total. The Balaban J connectivity index is 0.00000196. The molecule has 1 atom stereocenters. The number of hydrogen-bond acceptors (Lipinski definition) is 4. The van der Waals surface area contributed by atoms with Crippen molar-refractivity contribution in [3.8, 4) is 5.75 Å². The van der Waals surface area contributed by atoms with Gasteiger partial charge in [0.1, 0.15) is 18.4 Å². The van der Waals surface area contributed by atoms with Gasteiger partial charge in [0.2, 0.25) is 0 Å². The second kappa shape index (κ2) is 7.09. The minimum Gasteiger partial charge on any atom is -0.491 e. The molecule has 0 fully saturated rings. The summed E-state index contributed by atoms with van der Waals surface area (Å²) in [5, 5.41) is 0. The van der Waals surface area contributed by atoms with E-state index >= 15 is 0 Å². The van der Waals surface area contributed by atoms with Gasteiger partial charge < -0.3 is 15.2 Å². The van der Waals surface area contributed by atoms with Crippen LogP contribution in [0.15, 0.2) is 30.3 Å². The Kier molecular flexibility index (Phi) is 6.49. The SMILES string of the molecule is COC(=O)[C@H](N)COc1ccccc1.Cl. The van der Waals surface area contributed by atoms with Gasteiger partial charge in [-0.3, -0.25) is 4.79 Å². The molecule has 1 rings (SSSR count). The maximum absolute atomic E-state index is 10.9. The first-order valence-corrected chi connectivity index (χ1v) is 4.25. The Morgan fingerprint density at radius 1 is 1.40 bits per heavy atom. The van der Waals surface area contributed by atoms with E-state index in [1.807, 2.05) is 18.2 Å². The van der Waals surface area contributed by atoms with Crippen LogP contribution < -0.4 is 10.5 Å². The molecule has 15 heavy (non-hydrogen) atoms. The predicted octanol–water partition coefficient (Wildman–Crippen LogP) is 0.987. The molecule has 84 valence electrons. The van der Waals surface area contributed by atoms with Crippen LogP contribution in [-0.4, -0.2) is 25.7 Å². The highest BCUT2D eigenvalue weighted by Crippen LogP contribution is 2.08. The molecule has 0 aromatic heterocycles. The van der Waals surface area contributed by atoms with E-state index in [9.17, 15) is 4.79 Å². The largest absolute Gasteiger partial charge is 0.491 e. The van der Waals surface area contributed by atoms with Gasteiger partial charge >= 0.3 is 5.97 Å². The summed E-state index contributed by atoms with van der Waals surface area (Å²) in [5.41, 5.74) is 5.48. The van der Waals surface area contributed by atoms with Crippen molar-refractivity contribution >= 4 is 18.4 Å². The van der Waals surface area contributed by atoms with E-state index in [2.05, 4.69) is 4.74 Å². The molecule has 0 aliphatic heterocycles. The Bertz CT molecular complexity index is 292. The van der Waals surface area contributed by atoms with Crippen LogP contribution in [0.2, 0.25) is 0 Å². The summed E-state index contributed by atoms with van der Waals surface area (Å²) < 4.78 is 9.72. The quantitative estimate of drug-likeness (QED) is 0.785. The van der Waals surface area contributed by atoms with E-state index in [1.165, 1.54) is 7.11 Å². The third-order valence-electron chi connectivity index (χ3n) is 1.68. The first-order valence-electron chi connectivity index (χ1n) is 4.25. The molecule has 0 heterocycles. The van der Waals surface area contributed by atoms with Crippen LogP contribution in [0.5, 0.6) is 5.75 Å². The molecule has 1 aromatic carbocycles. The maximum Gasteiger partial charge on any atom is 0.326 e. The second-order valence-electron chi connectivity index (χ2n) is 2.75. The average molecular weight is 232 g/mol. The van der Waals surface area contributed by atoms with Crippen molar-refractivity contribution in [1.29, 1.82) is 0 Å². The Labute approximate surface area is 94.8 Å². The lowest BCUT2D eigenvalue weighted by molar-refractivity contribution is -0.142. The van der Waals surface area contributed by atoms with Crippen LogP contribution in [0.4, 0.5) is 0 Å². The molecule has 0 saturated heterocycles. The number of ether oxygens (including phenoxy) is 2. The number of hydrogen-bond donors (Lipinski definition) is 1. The van der Waals surface area contributed by atoms with Crippen LogP contribution in [0, 0.1) is 0 Å². The van der Waals surface area contributed by atoms with Gasteiger partial charge in [0.25, 0.3) is 0 Å². The highest BCUT2D eigenvalue weighted by atomic mass is 35.5. The molecule has 0 bridgehead atoms. The monoisotopic (exact) mass is 231 g/mol. The number of rotatable bonds is 4. The summed E-state index contributed by atoms with van der Waals surface area (Å²) in [6.45, 7) is 0.122.